The molecular weight excluding hydrogens is 418 g/mol. The Bertz CT molecular complexity index is 888. The summed E-state index contributed by atoms with van der Waals surface area (Å²) in [7, 11) is 1.46. The van der Waals surface area contributed by atoms with E-state index in [9.17, 15) is 24.3 Å². The quantitative estimate of drug-likeness (QED) is 0.508. The lowest BCUT2D eigenvalue weighted by Crippen LogP contribution is -2.56. The van der Waals surface area contributed by atoms with Crippen LogP contribution < -0.4 is 15.4 Å². The molecule has 0 saturated carbocycles. The number of methoxy groups -OCH3 is 1. The molecule has 4 atom stereocenters. The summed E-state index contributed by atoms with van der Waals surface area (Å²) in [5.41, 5.74) is 0.309. The topological polar surface area (TPSA) is 134 Å². The monoisotopic (exact) mass is 447 g/mol. The van der Waals surface area contributed by atoms with Crippen LogP contribution in [-0.2, 0) is 19.1 Å². The van der Waals surface area contributed by atoms with E-state index in [0.717, 1.165) is 0 Å². The van der Waals surface area contributed by atoms with Crippen molar-refractivity contribution in [1.29, 1.82) is 0 Å². The number of nitrogens with zero attached hydrogens (tertiary/aromatic N) is 1. The standard InChI is InChI=1S/C22H29N3O7/c1-12(2)18(24-19(27)13-7-4-5-9-16(13)31-3)21(29)25-10-6-8-15(25)20(28)23-14-11-17(26)32-22(14)30/h4-5,7,9,12,14-15,18,22,30H,6,8,10-11H2,1-3H3,(H,23,28)(H,24,27)/t14-,15-,18-,22+/m0/s1. The maximum atomic E-state index is 13.3. The number of benzene rings is 1. The van der Waals surface area contributed by atoms with Crippen molar-refractivity contribution in [2.45, 2.75) is 57.5 Å². The lowest BCUT2D eigenvalue weighted by Gasteiger charge is -2.31. The first-order chi connectivity index (χ1) is 15.2. The van der Waals surface area contributed by atoms with Crippen molar-refractivity contribution >= 4 is 23.7 Å². The van der Waals surface area contributed by atoms with Gasteiger partial charge in [-0.25, -0.2) is 0 Å². The Balaban J connectivity index is 1.71. The first-order valence-electron chi connectivity index (χ1n) is 10.6. The van der Waals surface area contributed by atoms with Gasteiger partial charge < -0.3 is 30.1 Å². The fourth-order valence-corrected chi connectivity index (χ4v) is 3.99. The molecule has 2 heterocycles. The second-order valence-corrected chi connectivity index (χ2v) is 8.28. The zero-order valence-electron chi connectivity index (χ0n) is 18.4. The molecule has 10 nitrogen and oxygen atoms in total. The minimum absolute atomic E-state index is 0.128. The first-order valence-corrected chi connectivity index (χ1v) is 10.6. The molecule has 0 aromatic heterocycles. The molecule has 0 radical (unpaired) electrons. The van der Waals surface area contributed by atoms with Crippen LogP contribution in [0.1, 0.15) is 43.5 Å². The minimum atomic E-state index is -1.40. The molecule has 3 amide bonds. The molecule has 1 aromatic carbocycles. The van der Waals surface area contributed by atoms with Gasteiger partial charge in [0.25, 0.3) is 5.91 Å². The molecule has 0 aliphatic carbocycles. The van der Waals surface area contributed by atoms with E-state index < -0.39 is 42.2 Å². The van der Waals surface area contributed by atoms with Gasteiger partial charge in [-0.15, -0.1) is 0 Å². The van der Waals surface area contributed by atoms with Gasteiger partial charge in [-0.3, -0.25) is 19.2 Å². The summed E-state index contributed by atoms with van der Waals surface area (Å²) in [6, 6.07) is 4.27. The highest BCUT2D eigenvalue weighted by Gasteiger charge is 2.41. The van der Waals surface area contributed by atoms with Crippen molar-refractivity contribution in [3.8, 4) is 5.75 Å². The molecule has 2 aliphatic rings. The highest BCUT2D eigenvalue weighted by Crippen LogP contribution is 2.23. The zero-order chi connectivity index (χ0) is 23.4. The number of para-hydroxylation sites is 1. The minimum Gasteiger partial charge on any atom is -0.496 e. The Kier molecular flexibility index (Phi) is 7.34. The Labute approximate surface area is 186 Å². The lowest BCUT2D eigenvalue weighted by molar-refractivity contribution is -0.155. The summed E-state index contributed by atoms with van der Waals surface area (Å²) >= 11 is 0. The van der Waals surface area contributed by atoms with Crippen molar-refractivity contribution in [3.63, 3.8) is 0 Å². The fourth-order valence-electron chi connectivity index (χ4n) is 3.99. The number of hydrogen-bond acceptors (Lipinski definition) is 7. The second kappa shape index (κ2) is 9.99. The smallest absolute Gasteiger partial charge is 0.310 e. The average Bonchev–Trinajstić information content (AvgIpc) is 3.37. The Morgan fingerprint density at radius 3 is 2.59 bits per heavy atom. The normalized spacial score (nSPS) is 23.6. The molecule has 32 heavy (non-hydrogen) atoms. The second-order valence-electron chi connectivity index (χ2n) is 8.28. The van der Waals surface area contributed by atoms with Crippen LogP contribution in [0.2, 0.25) is 0 Å². The Hall–Kier alpha value is -3.14. The third-order valence-electron chi connectivity index (χ3n) is 5.72. The average molecular weight is 447 g/mol. The molecule has 0 bridgehead atoms. The van der Waals surface area contributed by atoms with E-state index >= 15 is 0 Å². The summed E-state index contributed by atoms with van der Waals surface area (Å²) in [4.78, 5) is 51.8. The molecule has 2 saturated heterocycles. The number of rotatable bonds is 7. The summed E-state index contributed by atoms with van der Waals surface area (Å²) in [5.74, 6) is -1.70. The van der Waals surface area contributed by atoms with Crippen molar-refractivity contribution in [2.24, 2.45) is 5.92 Å². The van der Waals surface area contributed by atoms with E-state index in [1.165, 1.54) is 12.0 Å². The lowest BCUT2D eigenvalue weighted by atomic mass is 10.0. The van der Waals surface area contributed by atoms with E-state index in [0.29, 0.717) is 30.7 Å². The maximum absolute atomic E-state index is 13.3. The van der Waals surface area contributed by atoms with Crippen molar-refractivity contribution in [3.05, 3.63) is 29.8 Å². The third-order valence-corrected chi connectivity index (χ3v) is 5.72. The number of ether oxygens (including phenoxy) is 2. The Morgan fingerprint density at radius 1 is 1.25 bits per heavy atom. The molecule has 2 aliphatic heterocycles. The van der Waals surface area contributed by atoms with E-state index in [1.807, 2.05) is 13.8 Å². The number of amides is 3. The molecule has 0 unspecified atom stereocenters. The molecule has 1 aromatic rings. The number of carbonyl (C=O) groups excluding carboxylic acids is 4. The predicted molar refractivity (Wildman–Crippen MR) is 112 cm³/mol. The number of esters is 1. The maximum Gasteiger partial charge on any atom is 0.310 e. The van der Waals surface area contributed by atoms with Gasteiger partial charge in [-0.05, 0) is 30.9 Å². The van der Waals surface area contributed by atoms with Gasteiger partial charge in [0.05, 0.1) is 19.1 Å². The van der Waals surface area contributed by atoms with Crippen LogP contribution >= 0.6 is 0 Å². The number of aliphatic hydroxyl groups excluding tert-OH is 1. The van der Waals surface area contributed by atoms with Crippen LogP contribution in [0, 0.1) is 5.92 Å². The van der Waals surface area contributed by atoms with Crippen molar-refractivity contribution < 1.29 is 33.8 Å². The van der Waals surface area contributed by atoms with Crippen molar-refractivity contribution in [2.75, 3.05) is 13.7 Å². The summed E-state index contributed by atoms with van der Waals surface area (Å²) in [5, 5.41) is 15.1. The molecule has 174 valence electrons. The first kappa shape index (κ1) is 23.5. The van der Waals surface area contributed by atoms with E-state index in [4.69, 9.17) is 4.74 Å². The predicted octanol–water partition coefficient (Wildman–Crippen LogP) is 0.191. The molecule has 3 N–H and O–H groups in total. The molecule has 2 fully saturated rings. The molecular formula is C22H29N3O7. The third kappa shape index (κ3) is 5.01. The van der Waals surface area contributed by atoms with Gasteiger partial charge in [-0.1, -0.05) is 26.0 Å². The van der Waals surface area contributed by atoms with Crippen LogP contribution in [0.4, 0.5) is 0 Å². The summed E-state index contributed by atoms with van der Waals surface area (Å²) in [6.07, 6.45) is -0.462. The van der Waals surface area contributed by atoms with Crippen LogP contribution in [0.15, 0.2) is 24.3 Å². The van der Waals surface area contributed by atoms with Gasteiger partial charge in [-0.2, -0.15) is 0 Å². The van der Waals surface area contributed by atoms with Crippen LogP contribution in [0.3, 0.4) is 0 Å². The SMILES string of the molecule is COc1ccccc1C(=O)N[C@H](C(=O)N1CCC[C@H]1C(=O)N[C@H]1CC(=O)O[C@H]1O)C(C)C. The summed E-state index contributed by atoms with van der Waals surface area (Å²) in [6.45, 7) is 4.00. The summed E-state index contributed by atoms with van der Waals surface area (Å²) < 4.78 is 9.88. The van der Waals surface area contributed by atoms with E-state index in [-0.39, 0.29) is 18.2 Å². The Morgan fingerprint density at radius 2 is 1.97 bits per heavy atom. The molecule has 0 spiro atoms. The van der Waals surface area contributed by atoms with Gasteiger partial charge in [0.1, 0.15) is 23.9 Å². The molecule has 10 heteroatoms. The number of aliphatic hydroxyl groups is 1. The van der Waals surface area contributed by atoms with Gasteiger partial charge in [0.2, 0.25) is 18.1 Å². The number of carbonyl (C=O) groups is 4. The highest BCUT2D eigenvalue weighted by atomic mass is 16.6. The number of nitrogens with one attached hydrogen (secondary N) is 2. The number of cyclic esters (lactones) is 1. The van der Waals surface area contributed by atoms with E-state index in [1.54, 1.807) is 24.3 Å². The number of likely N-dealkylation sites (tertiary alicyclic amines) is 1. The van der Waals surface area contributed by atoms with Gasteiger partial charge in [0, 0.05) is 6.54 Å². The number of hydrogen-bond donors (Lipinski definition) is 3. The zero-order valence-corrected chi connectivity index (χ0v) is 18.4. The highest BCUT2D eigenvalue weighted by molar-refractivity contribution is 6.00. The van der Waals surface area contributed by atoms with Crippen LogP contribution in [0.5, 0.6) is 5.75 Å². The van der Waals surface area contributed by atoms with Crippen LogP contribution in [0.25, 0.3) is 0 Å². The van der Waals surface area contributed by atoms with Crippen LogP contribution in [-0.4, -0.2) is 71.8 Å². The largest absolute Gasteiger partial charge is 0.496 e. The van der Waals surface area contributed by atoms with Gasteiger partial charge in [0.15, 0.2) is 0 Å². The van der Waals surface area contributed by atoms with E-state index in [2.05, 4.69) is 15.4 Å². The fraction of sp³-hybridized carbons (Fsp3) is 0.545. The molecule has 3 rings (SSSR count). The van der Waals surface area contributed by atoms with Crippen molar-refractivity contribution in [1.82, 2.24) is 15.5 Å². The van der Waals surface area contributed by atoms with Gasteiger partial charge >= 0.3 is 5.97 Å².